The van der Waals surface area contributed by atoms with Crippen molar-refractivity contribution in [1.29, 1.82) is 0 Å². The lowest BCUT2D eigenvalue weighted by Gasteiger charge is -2.12. The van der Waals surface area contributed by atoms with Crippen LogP contribution in [0.15, 0.2) is 6.07 Å². The molecule has 0 aromatic carbocycles. The number of hydrogen-bond acceptors (Lipinski definition) is 4. The molecule has 0 amide bonds. The van der Waals surface area contributed by atoms with Gasteiger partial charge in [0.1, 0.15) is 6.10 Å². The summed E-state index contributed by atoms with van der Waals surface area (Å²) >= 11 is 0. The number of nitrogens with zero attached hydrogens (tertiary/aromatic N) is 1. The van der Waals surface area contributed by atoms with E-state index in [1.54, 1.807) is 0 Å². The first-order valence-corrected chi connectivity index (χ1v) is 4.69. The van der Waals surface area contributed by atoms with E-state index in [2.05, 4.69) is 15.6 Å². The maximum absolute atomic E-state index is 13.2. The lowest BCUT2D eigenvalue weighted by atomic mass is 10.3. The van der Waals surface area contributed by atoms with Crippen molar-refractivity contribution in [3.63, 3.8) is 0 Å². The first kappa shape index (κ1) is 13.5. The molecule has 4 nitrogen and oxygen atoms in total. The average molecular weight is 253 g/mol. The molecule has 0 aliphatic rings. The molecule has 0 bridgehead atoms. The van der Waals surface area contributed by atoms with Gasteiger partial charge in [-0.1, -0.05) is 0 Å². The van der Waals surface area contributed by atoms with Crippen LogP contribution in [0.3, 0.4) is 0 Å². The van der Waals surface area contributed by atoms with Crippen molar-refractivity contribution >= 4 is 11.6 Å². The average Bonchev–Trinajstić information content (AvgIpc) is 2.27. The summed E-state index contributed by atoms with van der Waals surface area (Å²) in [5, 5.41) is 13.4. The number of hydrogen-bond donors (Lipinski definition) is 3. The van der Waals surface area contributed by atoms with Crippen LogP contribution in [-0.4, -0.2) is 36.2 Å². The fourth-order valence-corrected chi connectivity index (χ4v) is 1.06. The summed E-state index contributed by atoms with van der Waals surface area (Å²) in [5.74, 6) is -2.55. The summed E-state index contributed by atoms with van der Waals surface area (Å²) in [6.45, 7) is -0.587. The van der Waals surface area contributed by atoms with Crippen LogP contribution in [0.25, 0.3) is 0 Å². The number of alkyl halides is 2. The molecule has 1 aromatic rings. The third kappa shape index (κ3) is 3.45. The van der Waals surface area contributed by atoms with E-state index in [9.17, 15) is 17.6 Å². The molecule has 1 heterocycles. The quantitative estimate of drug-likeness (QED) is 0.695. The van der Waals surface area contributed by atoms with E-state index in [-0.39, 0.29) is 5.82 Å². The van der Waals surface area contributed by atoms with E-state index in [4.69, 9.17) is 5.11 Å². The van der Waals surface area contributed by atoms with E-state index in [1.165, 1.54) is 7.05 Å². The zero-order valence-corrected chi connectivity index (χ0v) is 8.85. The Bertz CT molecular complexity index is 389. The minimum Gasteiger partial charge on any atom is -0.385 e. The topological polar surface area (TPSA) is 57.2 Å². The van der Waals surface area contributed by atoms with E-state index in [0.29, 0.717) is 6.07 Å². The lowest BCUT2D eigenvalue weighted by molar-refractivity contribution is 0.00377. The second-order valence-electron chi connectivity index (χ2n) is 3.18. The zero-order chi connectivity index (χ0) is 13.0. The zero-order valence-electron chi connectivity index (χ0n) is 8.85. The maximum Gasteiger partial charge on any atom is 0.265 e. The molecule has 96 valence electrons. The van der Waals surface area contributed by atoms with E-state index in [0.717, 1.165) is 0 Å². The van der Waals surface area contributed by atoms with Crippen molar-refractivity contribution < 1.29 is 22.7 Å². The Hall–Kier alpha value is -1.57. The molecule has 1 unspecified atom stereocenters. The summed E-state index contributed by atoms with van der Waals surface area (Å²) < 4.78 is 50.1. The van der Waals surface area contributed by atoms with Gasteiger partial charge in [-0.25, -0.2) is 22.5 Å². The molecule has 17 heavy (non-hydrogen) atoms. The van der Waals surface area contributed by atoms with Crippen LogP contribution in [0.2, 0.25) is 0 Å². The Morgan fingerprint density at radius 3 is 2.41 bits per heavy atom. The number of aromatic nitrogens is 1. The van der Waals surface area contributed by atoms with Gasteiger partial charge in [0.15, 0.2) is 23.3 Å². The third-order valence-corrected chi connectivity index (χ3v) is 1.94. The summed E-state index contributed by atoms with van der Waals surface area (Å²) in [6, 6.07) is 0.565. The van der Waals surface area contributed by atoms with Gasteiger partial charge in [-0.05, 0) is 0 Å². The molecule has 0 aliphatic carbocycles. The second-order valence-corrected chi connectivity index (χ2v) is 3.18. The van der Waals surface area contributed by atoms with Crippen LogP contribution >= 0.6 is 0 Å². The Balaban J connectivity index is 2.77. The number of anilines is 2. The number of aliphatic hydroxyl groups excluding tert-OH is 1. The highest BCUT2D eigenvalue weighted by Gasteiger charge is 2.18. The van der Waals surface area contributed by atoms with Crippen LogP contribution in [0.4, 0.5) is 29.2 Å². The van der Waals surface area contributed by atoms with E-state index in [1.807, 2.05) is 0 Å². The van der Waals surface area contributed by atoms with Crippen molar-refractivity contribution in [3.05, 3.63) is 17.7 Å². The van der Waals surface area contributed by atoms with Gasteiger partial charge in [0.05, 0.1) is 0 Å². The van der Waals surface area contributed by atoms with Crippen LogP contribution in [0, 0.1) is 11.6 Å². The van der Waals surface area contributed by atoms with Gasteiger partial charge in [-0.3, -0.25) is 0 Å². The van der Waals surface area contributed by atoms with Gasteiger partial charge < -0.3 is 15.7 Å². The van der Waals surface area contributed by atoms with Gasteiger partial charge in [-0.2, -0.15) is 0 Å². The monoisotopic (exact) mass is 253 g/mol. The molecule has 0 saturated heterocycles. The molecule has 0 spiro atoms. The Labute approximate surface area is 94.7 Å². The highest BCUT2D eigenvalue weighted by Crippen LogP contribution is 2.18. The normalized spacial score (nSPS) is 12.6. The fraction of sp³-hybridized carbons (Fsp3) is 0.444. The molecule has 1 aromatic heterocycles. The van der Waals surface area contributed by atoms with Crippen molar-refractivity contribution in [2.45, 2.75) is 12.5 Å². The molecule has 0 aliphatic heterocycles. The van der Waals surface area contributed by atoms with Crippen molar-refractivity contribution in [2.24, 2.45) is 0 Å². The highest BCUT2D eigenvalue weighted by molar-refractivity contribution is 5.47. The van der Waals surface area contributed by atoms with Crippen LogP contribution in [0.5, 0.6) is 0 Å². The van der Waals surface area contributed by atoms with Crippen LogP contribution < -0.4 is 10.6 Å². The molecule has 0 fully saturated rings. The summed E-state index contributed by atoms with van der Waals surface area (Å²) in [5.41, 5.74) is 0. The van der Waals surface area contributed by atoms with Crippen LogP contribution in [0.1, 0.15) is 0 Å². The van der Waals surface area contributed by atoms with E-state index < -0.39 is 36.5 Å². The van der Waals surface area contributed by atoms with Gasteiger partial charge in [0.25, 0.3) is 6.43 Å². The maximum atomic E-state index is 13.2. The van der Waals surface area contributed by atoms with Gasteiger partial charge in [0.2, 0.25) is 0 Å². The van der Waals surface area contributed by atoms with Crippen LogP contribution in [-0.2, 0) is 0 Å². The number of pyridine rings is 1. The summed E-state index contributed by atoms with van der Waals surface area (Å²) in [4.78, 5) is 3.49. The Morgan fingerprint density at radius 1 is 1.29 bits per heavy atom. The van der Waals surface area contributed by atoms with E-state index >= 15 is 0 Å². The molecular formula is C9H11F4N3O. The number of rotatable bonds is 5. The van der Waals surface area contributed by atoms with Crippen molar-refractivity contribution in [1.82, 2.24) is 4.98 Å². The van der Waals surface area contributed by atoms with Gasteiger partial charge in [-0.15, -0.1) is 0 Å². The largest absolute Gasteiger partial charge is 0.385 e. The molecule has 3 N–H and O–H groups in total. The highest BCUT2D eigenvalue weighted by atomic mass is 19.3. The third-order valence-electron chi connectivity index (χ3n) is 1.94. The minimum absolute atomic E-state index is 0.222. The Morgan fingerprint density at radius 2 is 1.88 bits per heavy atom. The lowest BCUT2D eigenvalue weighted by Crippen LogP contribution is -2.27. The number of aliphatic hydroxyl groups is 1. The van der Waals surface area contributed by atoms with Gasteiger partial charge >= 0.3 is 0 Å². The second kappa shape index (κ2) is 5.67. The molecule has 1 atom stereocenters. The molecule has 8 heteroatoms. The fourth-order valence-electron chi connectivity index (χ4n) is 1.06. The standard InChI is InChI=1S/C9H11F4N3O/c1-14-8-4(10)2-5(11)9(16-8)15-3-6(17)7(12)13/h2,6-7,17H,3H2,1H3,(H2,14,15,16). The molecule has 0 radical (unpaired) electrons. The molecule has 1 rings (SSSR count). The summed E-state index contributed by atoms with van der Waals surface area (Å²) in [6.07, 6.45) is -4.89. The minimum atomic E-state index is -2.95. The Kier molecular flexibility index (Phi) is 4.50. The number of nitrogens with one attached hydrogen (secondary N) is 2. The molecule has 0 saturated carbocycles. The number of halogens is 4. The van der Waals surface area contributed by atoms with Crippen molar-refractivity contribution in [2.75, 3.05) is 24.2 Å². The van der Waals surface area contributed by atoms with Crippen molar-refractivity contribution in [3.8, 4) is 0 Å². The predicted octanol–water partition coefficient (Wildman–Crippen LogP) is 1.44. The SMILES string of the molecule is CNc1nc(NCC(O)C(F)F)c(F)cc1F. The smallest absolute Gasteiger partial charge is 0.265 e. The predicted molar refractivity (Wildman–Crippen MR) is 54.2 cm³/mol. The van der Waals surface area contributed by atoms with Gasteiger partial charge in [0, 0.05) is 19.7 Å². The summed E-state index contributed by atoms with van der Waals surface area (Å²) in [7, 11) is 1.38. The molecular weight excluding hydrogens is 242 g/mol. The first-order valence-electron chi connectivity index (χ1n) is 4.69. The first-order chi connectivity index (χ1) is 7.95.